The number of carbonyl (C=O) groups is 1. The zero-order valence-corrected chi connectivity index (χ0v) is 14.7. The van der Waals surface area contributed by atoms with Crippen molar-refractivity contribution in [2.24, 2.45) is 0 Å². The van der Waals surface area contributed by atoms with Gasteiger partial charge in [-0.2, -0.15) is 0 Å². The minimum Gasteiger partial charge on any atom is -0.350 e. The van der Waals surface area contributed by atoms with E-state index in [1.54, 1.807) is 11.3 Å². The molecule has 0 aliphatic carbocycles. The van der Waals surface area contributed by atoms with Crippen LogP contribution in [0.5, 0.6) is 0 Å². The summed E-state index contributed by atoms with van der Waals surface area (Å²) < 4.78 is 0. The van der Waals surface area contributed by atoms with Gasteiger partial charge >= 0.3 is 0 Å². The van der Waals surface area contributed by atoms with Gasteiger partial charge in [-0.25, -0.2) is 0 Å². The smallest absolute Gasteiger partial charge is 0.261 e. The summed E-state index contributed by atoms with van der Waals surface area (Å²) in [6, 6.07) is 12.7. The highest BCUT2D eigenvalue weighted by atomic mass is 32.1. The molecule has 0 radical (unpaired) electrons. The third-order valence-corrected chi connectivity index (χ3v) is 5.78. The van der Waals surface area contributed by atoms with Crippen LogP contribution in [0.25, 0.3) is 10.4 Å². The summed E-state index contributed by atoms with van der Waals surface area (Å²) in [7, 11) is 0. The van der Waals surface area contributed by atoms with Crippen LogP contribution >= 0.6 is 11.3 Å². The first-order valence-corrected chi connectivity index (χ1v) is 9.15. The van der Waals surface area contributed by atoms with E-state index in [0.29, 0.717) is 6.04 Å². The number of likely N-dealkylation sites (tertiary alicyclic amines) is 1. The molecule has 0 saturated carbocycles. The normalized spacial score (nSPS) is 16.4. The van der Waals surface area contributed by atoms with E-state index in [-0.39, 0.29) is 5.91 Å². The van der Waals surface area contributed by atoms with Crippen LogP contribution in [0.15, 0.2) is 36.4 Å². The van der Waals surface area contributed by atoms with E-state index >= 15 is 0 Å². The van der Waals surface area contributed by atoms with Gasteiger partial charge in [0.25, 0.3) is 5.91 Å². The van der Waals surface area contributed by atoms with E-state index in [9.17, 15) is 4.79 Å². The number of amides is 1. The van der Waals surface area contributed by atoms with Crippen molar-refractivity contribution >= 4 is 17.2 Å². The van der Waals surface area contributed by atoms with Gasteiger partial charge in [0.05, 0.1) is 4.88 Å². The Balaban J connectivity index is 1.64. The Kier molecular flexibility index (Phi) is 5.13. The maximum atomic E-state index is 12.4. The Morgan fingerprint density at radius 1 is 1.26 bits per heavy atom. The number of hydrogen-bond acceptors (Lipinski definition) is 3. The molecule has 1 atom stereocenters. The summed E-state index contributed by atoms with van der Waals surface area (Å²) in [5.74, 6) is 0.0475. The first-order valence-electron chi connectivity index (χ1n) is 8.33. The van der Waals surface area contributed by atoms with Gasteiger partial charge in [-0.3, -0.25) is 9.69 Å². The number of carbonyl (C=O) groups excluding carboxylic acids is 1. The fourth-order valence-corrected chi connectivity index (χ4v) is 4.20. The maximum Gasteiger partial charge on any atom is 0.261 e. The summed E-state index contributed by atoms with van der Waals surface area (Å²) in [6.07, 6.45) is 2.56. The lowest BCUT2D eigenvalue weighted by Gasteiger charge is -2.23. The van der Waals surface area contributed by atoms with E-state index in [0.717, 1.165) is 24.5 Å². The van der Waals surface area contributed by atoms with Gasteiger partial charge in [-0.05, 0) is 57.0 Å². The van der Waals surface area contributed by atoms with Crippen LogP contribution < -0.4 is 5.32 Å². The molecule has 0 unspecified atom stereocenters. The van der Waals surface area contributed by atoms with E-state index in [1.807, 2.05) is 24.3 Å². The van der Waals surface area contributed by atoms with Crippen LogP contribution in [-0.2, 0) is 0 Å². The quantitative estimate of drug-likeness (QED) is 0.902. The Hall–Kier alpha value is -1.65. The van der Waals surface area contributed by atoms with Crippen molar-refractivity contribution in [2.45, 2.75) is 32.7 Å². The molecular weight excluding hydrogens is 304 g/mol. The van der Waals surface area contributed by atoms with Gasteiger partial charge in [-0.15, -0.1) is 11.3 Å². The van der Waals surface area contributed by atoms with E-state index in [1.165, 1.54) is 28.8 Å². The van der Waals surface area contributed by atoms with Gasteiger partial charge in [0, 0.05) is 17.5 Å². The first kappa shape index (κ1) is 16.2. The fourth-order valence-electron chi connectivity index (χ4n) is 3.11. The molecule has 23 heavy (non-hydrogen) atoms. The molecule has 0 spiro atoms. The lowest BCUT2D eigenvalue weighted by Crippen LogP contribution is -2.40. The zero-order chi connectivity index (χ0) is 16.2. The molecule has 1 aliphatic heterocycles. The summed E-state index contributed by atoms with van der Waals surface area (Å²) in [5.41, 5.74) is 2.35. The molecule has 1 aromatic carbocycles. The molecule has 1 N–H and O–H groups in total. The van der Waals surface area contributed by atoms with Gasteiger partial charge in [0.1, 0.15) is 0 Å². The van der Waals surface area contributed by atoms with Crippen LogP contribution in [0.2, 0.25) is 0 Å². The van der Waals surface area contributed by atoms with Crippen LogP contribution in [0.1, 0.15) is 35.0 Å². The molecule has 1 saturated heterocycles. The molecule has 2 aromatic rings. The Bertz CT molecular complexity index is 659. The topological polar surface area (TPSA) is 32.3 Å². The van der Waals surface area contributed by atoms with Crippen molar-refractivity contribution in [3.8, 4) is 10.4 Å². The molecule has 3 rings (SSSR count). The lowest BCUT2D eigenvalue weighted by molar-refractivity contribution is 0.0944. The number of thiophene rings is 1. The standard InChI is InChI=1S/C19H24N2OS/c1-14-12-17(23-18(14)16-8-4-3-5-9-16)19(22)20-13-15(2)21-10-6-7-11-21/h3-5,8-9,12,15H,6-7,10-11,13H2,1-2H3,(H,20,22)/t15-/m1/s1. The van der Waals surface area contributed by atoms with Gasteiger partial charge in [0.2, 0.25) is 0 Å². The van der Waals surface area contributed by atoms with Crippen LogP contribution in [-0.4, -0.2) is 36.5 Å². The van der Waals surface area contributed by atoms with E-state index in [2.05, 4.69) is 36.2 Å². The number of benzene rings is 1. The SMILES string of the molecule is Cc1cc(C(=O)NC[C@@H](C)N2CCCC2)sc1-c1ccccc1. The number of nitrogens with zero attached hydrogens (tertiary/aromatic N) is 1. The highest BCUT2D eigenvalue weighted by Crippen LogP contribution is 2.32. The Morgan fingerprint density at radius 2 is 1.96 bits per heavy atom. The second kappa shape index (κ2) is 7.28. The van der Waals surface area contributed by atoms with Crippen molar-refractivity contribution in [1.29, 1.82) is 0 Å². The minimum absolute atomic E-state index is 0.0475. The first-order chi connectivity index (χ1) is 11.1. The molecule has 1 amide bonds. The molecule has 1 fully saturated rings. The van der Waals surface area contributed by atoms with E-state index < -0.39 is 0 Å². The second-order valence-electron chi connectivity index (χ2n) is 6.29. The molecule has 2 heterocycles. The average molecular weight is 328 g/mol. The third-order valence-electron chi connectivity index (χ3n) is 4.50. The number of hydrogen-bond donors (Lipinski definition) is 1. The van der Waals surface area contributed by atoms with Crippen LogP contribution in [0.4, 0.5) is 0 Å². The Labute approximate surface area is 142 Å². The number of rotatable bonds is 5. The number of aryl methyl sites for hydroxylation is 1. The maximum absolute atomic E-state index is 12.4. The van der Waals surface area contributed by atoms with Crippen molar-refractivity contribution in [1.82, 2.24) is 10.2 Å². The van der Waals surface area contributed by atoms with E-state index in [4.69, 9.17) is 0 Å². The summed E-state index contributed by atoms with van der Waals surface area (Å²) in [4.78, 5) is 16.9. The summed E-state index contributed by atoms with van der Waals surface area (Å²) in [6.45, 7) is 7.31. The van der Waals surface area contributed by atoms with Gasteiger partial charge < -0.3 is 5.32 Å². The minimum atomic E-state index is 0.0475. The average Bonchev–Trinajstić information content (AvgIpc) is 3.23. The van der Waals surface area contributed by atoms with Gasteiger partial charge in [0.15, 0.2) is 0 Å². The van der Waals surface area contributed by atoms with Crippen LogP contribution in [0.3, 0.4) is 0 Å². The molecule has 4 heteroatoms. The number of nitrogens with one attached hydrogen (secondary N) is 1. The highest BCUT2D eigenvalue weighted by molar-refractivity contribution is 7.17. The van der Waals surface area contributed by atoms with Crippen molar-refractivity contribution < 1.29 is 4.79 Å². The molecular formula is C19H24N2OS. The van der Waals surface area contributed by atoms with Crippen molar-refractivity contribution in [3.63, 3.8) is 0 Å². The molecule has 1 aromatic heterocycles. The lowest BCUT2D eigenvalue weighted by atomic mass is 10.1. The molecule has 1 aliphatic rings. The zero-order valence-electron chi connectivity index (χ0n) is 13.8. The van der Waals surface area contributed by atoms with Crippen LogP contribution in [0, 0.1) is 6.92 Å². The van der Waals surface area contributed by atoms with Gasteiger partial charge in [-0.1, -0.05) is 30.3 Å². The monoisotopic (exact) mass is 328 g/mol. The summed E-state index contributed by atoms with van der Waals surface area (Å²) in [5, 5.41) is 3.10. The molecule has 3 nitrogen and oxygen atoms in total. The highest BCUT2D eigenvalue weighted by Gasteiger charge is 2.19. The third kappa shape index (κ3) is 3.82. The van der Waals surface area contributed by atoms with Crippen molar-refractivity contribution in [2.75, 3.05) is 19.6 Å². The fraction of sp³-hybridized carbons (Fsp3) is 0.421. The second-order valence-corrected chi connectivity index (χ2v) is 7.34. The summed E-state index contributed by atoms with van der Waals surface area (Å²) >= 11 is 1.58. The Morgan fingerprint density at radius 3 is 2.65 bits per heavy atom. The predicted octanol–water partition coefficient (Wildman–Crippen LogP) is 3.94. The van der Waals surface area contributed by atoms with Crippen molar-refractivity contribution in [3.05, 3.63) is 46.8 Å². The predicted molar refractivity (Wildman–Crippen MR) is 97.1 cm³/mol. The largest absolute Gasteiger partial charge is 0.350 e. The molecule has 122 valence electrons. The molecule has 0 bridgehead atoms.